The normalized spacial score (nSPS) is 18.6. The minimum Gasteiger partial charge on any atom is -0.390 e. The van der Waals surface area contributed by atoms with Crippen LogP contribution in [0.25, 0.3) is 5.65 Å². The lowest BCUT2D eigenvalue weighted by Gasteiger charge is -2.21. The van der Waals surface area contributed by atoms with E-state index in [1.165, 1.54) is 15.5 Å². The second kappa shape index (κ2) is 7.46. The third kappa shape index (κ3) is 3.70. The predicted octanol–water partition coefficient (Wildman–Crippen LogP) is 1.79. The van der Waals surface area contributed by atoms with E-state index in [0.29, 0.717) is 31.8 Å². The van der Waals surface area contributed by atoms with Gasteiger partial charge in [0.1, 0.15) is 5.65 Å². The van der Waals surface area contributed by atoms with Gasteiger partial charge in [-0.1, -0.05) is 36.4 Å². The van der Waals surface area contributed by atoms with E-state index in [1.807, 2.05) is 30.3 Å². The first-order valence-corrected chi connectivity index (χ1v) is 8.98. The monoisotopic (exact) mass is 368 g/mol. The van der Waals surface area contributed by atoms with Crippen molar-refractivity contribution in [3.8, 4) is 0 Å². The summed E-state index contributed by atoms with van der Waals surface area (Å²) in [6.45, 7) is 2.34. The largest absolute Gasteiger partial charge is 0.390 e. The number of hydrogen-bond donors (Lipinski definition) is 1. The second-order valence-electron chi connectivity index (χ2n) is 6.81. The van der Waals surface area contributed by atoms with Gasteiger partial charge in [-0.3, -0.25) is 14.1 Å². The van der Waals surface area contributed by atoms with Gasteiger partial charge in [-0.2, -0.15) is 4.39 Å². The number of pyridine rings is 1. The Bertz CT molecular complexity index is 944. The molecule has 1 aliphatic rings. The number of halogens is 1. The van der Waals surface area contributed by atoms with E-state index in [1.54, 1.807) is 18.2 Å². The molecule has 4 rings (SSSR count). The second-order valence-corrected chi connectivity index (χ2v) is 6.81. The molecular weight excluding hydrogens is 347 g/mol. The molecule has 140 valence electrons. The summed E-state index contributed by atoms with van der Waals surface area (Å²) in [5.41, 5.74) is 1.33. The van der Waals surface area contributed by atoms with E-state index in [4.69, 9.17) is 0 Å². The fourth-order valence-corrected chi connectivity index (χ4v) is 3.48. The number of amides is 1. The van der Waals surface area contributed by atoms with Gasteiger partial charge in [-0.05, 0) is 17.7 Å². The summed E-state index contributed by atoms with van der Waals surface area (Å²) in [4.78, 5) is 20.6. The SMILES string of the molecule is O=C(c1nc2ccccn2c1F)N1CCN(Cc2ccccc2)C[C@H](O)C1. The zero-order valence-electron chi connectivity index (χ0n) is 14.8. The fraction of sp³-hybridized carbons (Fsp3) is 0.300. The maximum absolute atomic E-state index is 14.6. The van der Waals surface area contributed by atoms with Crippen LogP contribution >= 0.6 is 0 Å². The topological polar surface area (TPSA) is 61.1 Å². The lowest BCUT2D eigenvalue weighted by Crippen LogP contribution is -2.38. The van der Waals surface area contributed by atoms with Crippen LogP contribution < -0.4 is 0 Å². The minimum absolute atomic E-state index is 0.164. The van der Waals surface area contributed by atoms with Gasteiger partial charge in [-0.15, -0.1) is 0 Å². The number of rotatable bonds is 3. The van der Waals surface area contributed by atoms with Crippen LogP contribution in [0.4, 0.5) is 4.39 Å². The number of aliphatic hydroxyl groups is 1. The van der Waals surface area contributed by atoms with E-state index in [0.717, 1.165) is 5.56 Å². The molecule has 1 atom stereocenters. The number of carbonyl (C=O) groups excluding carboxylic acids is 1. The van der Waals surface area contributed by atoms with E-state index in [9.17, 15) is 14.3 Å². The third-order valence-corrected chi connectivity index (χ3v) is 4.80. The molecule has 0 radical (unpaired) electrons. The molecule has 0 aliphatic carbocycles. The van der Waals surface area contributed by atoms with Crippen LogP contribution in [0.1, 0.15) is 16.1 Å². The number of nitrogens with zero attached hydrogens (tertiary/aromatic N) is 4. The number of aliphatic hydroxyl groups excluding tert-OH is 1. The minimum atomic E-state index is -0.694. The van der Waals surface area contributed by atoms with Crippen LogP contribution in [0.15, 0.2) is 54.7 Å². The van der Waals surface area contributed by atoms with Crippen LogP contribution in [-0.2, 0) is 6.54 Å². The Labute approximate surface area is 156 Å². The summed E-state index contributed by atoms with van der Waals surface area (Å²) in [6.07, 6.45) is 0.841. The Morgan fingerprint density at radius 2 is 1.89 bits per heavy atom. The molecule has 6 nitrogen and oxygen atoms in total. The summed E-state index contributed by atoms with van der Waals surface area (Å²) in [5, 5.41) is 10.4. The molecule has 1 saturated heterocycles. The van der Waals surface area contributed by atoms with Crippen molar-refractivity contribution in [1.82, 2.24) is 19.2 Å². The van der Waals surface area contributed by atoms with Gasteiger partial charge in [0.2, 0.25) is 5.95 Å². The van der Waals surface area contributed by atoms with Crippen molar-refractivity contribution in [3.05, 3.63) is 71.9 Å². The molecule has 0 spiro atoms. The van der Waals surface area contributed by atoms with Crippen molar-refractivity contribution < 1.29 is 14.3 Å². The van der Waals surface area contributed by atoms with Gasteiger partial charge in [0, 0.05) is 38.9 Å². The van der Waals surface area contributed by atoms with Gasteiger partial charge in [0.05, 0.1) is 6.10 Å². The summed E-state index contributed by atoms with van der Waals surface area (Å²) in [5.74, 6) is -1.16. The molecular formula is C20H21FN4O2. The molecule has 1 amide bonds. The van der Waals surface area contributed by atoms with Crippen LogP contribution in [-0.4, -0.2) is 62.5 Å². The molecule has 0 unspecified atom stereocenters. The van der Waals surface area contributed by atoms with Gasteiger partial charge >= 0.3 is 0 Å². The molecule has 27 heavy (non-hydrogen) atoms. The van der Waals surface area contributed by atoms with Gasteiger partial charge in [0.15, 0.2) is 5.69 Å². The van der Waals surface area contributed by atoms with E-state index < -0.39 is 18.0 Å². The number of carbonyl (C=O) groups is 1. The molecule has 3 aromatic rings. The Hall–Kier alpha value is -2.77. The smallest absolute Gasteiger partial charge is 0.277 e. The van der Waals surface area contributed by atoms with E-state index in [-0.39, 0.29) is 12.2 Å². The Balaban J connectivity index is 1.50. The lowest BCUT2D eigenvalue weighted by atomic mass is 10.2. The number of hydrogen-bond acceptors (Lipinski definition) is 4. The van der Waals surface area contributed by atoms with Gasteiger partial charge in [0.25, 0.3) is 5.91 Å². The molecule has 0 bridgehead atoms. The Kier molecular flexibility index (Phi) is 4.87. The standard InChI is InChI=1S/C20H21FN4O2/c21-19-18(22-17-8-4-5-9-25(17)19)20(27)24-11-10-23(13-16(26)14-24)12-15-6-2-1-3-7-15/h1-9,16,26H,10-14H2/t16-/m0/s1. The number of imidazole rings is 1. The Morgan fingerprint density at radius 3 is 2.67 bits per heavy atom. The molecule has 2 aromatic heterocycles. The number of fused-ring (bicyclic) bond motifs is 1. The molecule has 0 saturated carbocycles. The molecule has 1 fully saturated rings. The molecule has 1 aliphatic heterocycles. The highest BCUT2D eigenvalue weighted by Crippen LogP contribution is 2.16. The highest BCUT2D eigenvalue weighted by molar-refractivity contribution is 5.93. The highest BCUT2D eigenvalue weighted by Gasteiger charge is 2.29. The maximum Gasteiger partial charge on any atom is 0.277 e. The van der Waals surface area contributed by atoms with Crippen LogP contribution in [0.5, 0.6) is 0 Å². The van der Waals surface area contributed by atoms with Crippen molar-refractivity contribution in [2.45, 2.75) is 12.6 Å². The first kappa shape index (κ1) is 17.6. The predicted molar refractivity (Wildman–Crippen MR) is 98.8 cm³/mol. The molecule has 3 heterocycles. The zero-order chi connectivity index (χ0) is 18.8. The number of benzene rings is 1. The first-order valence-electron chi connectivity index (χ1n) is 8.98. The number of aromatic nitrogens is 2. The summed E-state index contributed by atoms with van der Waals surface area (Å²) in [7, 11) is 0. The molecule has 1 N–H and O–H groups in total. The van der Waals surface area contributed by atoms with Crippen molar-refractivity contribution in [3.63, 3.8) is 0 Å². The van der Waals surface area contributed by atoms with E-state index >= 15 is 0 Å². The maximum atomic E-state index is 14.6. The average molecular weight is 368 g/mol. The number of β-amino-alcohol motifs (C(OH)–C–C–N with tert-alkyl or cyclic N) is 1. The van der Waals surface area contributed by atoms with Crippen LogP contribution in [0.3, 0.4) is 0 Å². The summed E-state index contributed by atoms with van der Waals surface area (Å²) >= 11 is 0. The quantitative estimate of drug-likeness (QED) is 0.766. The van der Waals surface area contributed by atoms with Crippen molar-refractivity contribution in [2.75, 3.05) is 26.2 Å². The van der Waals surface area contributed by atoms with E-state index in [2.05, 4.69) is 9.88 Å². The Morgan fingerprint density at radius 1 is 1.11 bits per heavy atom. The molecule has 7 heteroatoms. The molecule has 1 aromatic carbocycles. The van der Waals surface area contributed by atoms with Gasteiger partial charge < -0.3 is 10.0 Å². The summed E-state index contributed by atoms with van der Waals surface area (Å²) in [6, 6.07) is 15.1. The van der Waals surface area contributed by atoms with Crippen LogP contribution in [0, 0.1) is 5.95 Å². The fourth-order valence-electron chi connectivity index (χ4n) is 3.48. The highest BCUT2D eigenvalue weighted by atomic mass is 19.1. The summed E-state index contributed by atoms with van der Waals surface area (Å²) < 4.78 is 15.8. The van der Waals surface area contributed by atoms with Crippen LogP contribution in [0.2, 0.25) is 0 Å². The average Bonchev–Trinajstić information content (AvgIpc) is 2.90. The lowest BCUT2D eigenvalue weighted by molar-refractivity contribution is 0.0653. The van der Waals surface area contributed by atoms with Crippen molar-refractivity contribution in [2.24, 2.45) is 0 Å². The zero-order valence-corrected chi connectivity index (χ0v) is 14.8. The van der Waals surface area contributed by atoms with Crippen molar-refractivity contribution >= 4 is 11.6 Å². The first-order chi connectivity index (χ1) is 13.1. The van der Waals surface area contributed by atoms with Crippen molar-refractivity contribution in [1.29, 1.82) is 0 Å². The third-order valence-electron chi connectivity index (χ3n) is 4.80. The van der Waals surface area contributed by atoms with Gasteiger partial charge in [-0.25, -0.2) is 4.98 Å².